The second-order valence-corrected chi connectivity index (χ2v) is 7.48. The lowest BCUT2D eigenvalue weighted by Gasteiger charge is -2.09. The standard InChI is InChI=1S/C16H16Cl2N2O4S/c17-13-2-1-3-14(16(13)18)24-10-15(21)20-9-8-11-4-6-12(7-5-11)25(19,22)23/h1-7H,8-10H2,(H,20,21)(H2,19,22,23). The molecule has 0 spiro atoms. The van der Waals surface area contributed by atoms with E-state index in [0.29, 0.717) is 23.7 Å². The molecule has 2 aromatic rings. The van der Waals surface area contributed by atoms with Crippen LogP contribution in [-0.4, -0.2) is 27.5 Å². The molecule has 0 aromatic heterocycles. The molecule has 0 aliphatic rings. The Morgan fingerprint density at radius 2 is 1.80 bits per heavy atom. The third kappa shape index (κ3) is 5.89. The first-order valence-electron chi connectivity index (χ1n) is 7.22. The fourth-order valence-corrected chi connectivity index (χ4v) is 2.84. The molecular weight excluding hydrogens is 387 g/mol. The first-order valence-corrected chi connectivity index (χ1v) is 9.53. The van der Waals surface area contributed by atoms with Crippen LogP contribution in [-0.2, 0) is 21.2 Å². The largest absolute Gasteiger partial charge is 0.482 e. The number of benzene rings is 2. The molecule has 25 heavy (non-hydrogen) atoms. The van der Waals surface area contributed by atoms with E-state index in [4.69, 9.17) is 33.1 Å². The topological polar surface area (TPSA) is 98.5 Å². The average Bonchev–Trinajstić information content (AvgIpc) is 2.56. The van der Waals surface area contributed by atoms with Crippen LogP contribution in [0, 0.1) is 0 Å². The van der Waals surface area contributed by atoms with Gasteiger partial charge in [-0.05, 0) is 36.2 Å². The summed E-state index contributed by atoms with van der Waals surface area (Å²) in [6.07, 6.45) is 0.536. The van der Waals surface area contributed by atoms with E-state index in [-0.39, 0.29) is 22.4 Å². The molecular formula is C16H16Cl2N2O4S. The molecule has 3 N–H and O–H groups in total. The van der Waals surface area contributed by atoms with Gasteiger partial charge in [0.25, 0.3) is 5.91 Å². The van der Waals surface area contributed by atoms with E-state index in [0.717, 1.165) is 5.56 Å². The SMILES string of the molecule is NS(=O)(=O)c1ccc(CCNC(=O)COc2cccc(Cl)c2Cl)cc1. The molecule has 1 amide bonds. The highest BCUT2D eigenvalue weighted by atomic mass is 35.5. The number of nitrogens with two attached hydrogens (primary N) is 1. The smallest absolute Gasteiger partial charge is 0.257 e. The summed E-state index contributed by atoms with van der Waals surface area (Å²) >= 11 is 11.8. The van der Waals surface area contributed by atoms with Crippen molar-refractivity contribution >= 4 is 39.1 Å². The molecule has 6 nitrogen and oxygen atoms in total. The number of hydrogen-bond acceptors (Lipinski definition) is 4. The van der Waals surface area contributed by atoms with Crippen LogP contribution in [0.15, 0.2) is 47.4 Å². The number of carbonyl (C=O) groups excluding carboxylic acids is 1. The second-order valence-electron chi connectivity index (χ2n) is 5.13. The molecule has 0 fully saturated rings. The van der Waals surface area contributed by atoms with Crippen LogP contribution in [0.4, 0.5) is 0 Å². The van der Waals surface area contributed by atoms with E-state index in [1.54, 1.807) is 30.3 Å². The van der Waals surface area contributed by atoms with Crippen LogP contribution in [0.2, 0.25) is 10.0 Å². The Bertz CT molecular complexity index is 855. The van der Waals surface area contributed by atoms with Gasteiger partial charge in [0.05, 0.1) is 9.92 Å². The zero-order chi connectivity index (χ0) is 18.4. The van der Waals surface area contributed by atoms with Gasteiger partial charge in [-0.1, -0.05) is 41.4 Å². The van der Waals surface area contributed by atoms with Crippen molar-refractivity contribution in [3.63, 3.8) is 0 Å². The van der Waals surface area contributed by atoms with Crippen molar-refractivity contribution in [1.82, 2.24) is 5.32 Å². The second kappa shape index (κ2) is 8.53. The summed E-state index contributed by atoms with van der Waals surface area (Å²) in [4.78, 5) is 11.8. The number of hydrogen-bond donors (Lipinski definition) is 2. The van der Waals surface area contributed by atoms with Gasteiger partial charge in [-0.3, -0.25) is 4.79 Å². The van der Waals surface area contributed by atoms with E-state index in [1.165, 1.54) is 12.1 Å². The number of halogens is 2. The van der Waals surface area contributed by atoms with Gasteiger partial charge in [-0.2, -0.15) is 0 Å². The van der Waals surface area contributed by atoms with Crippen LogP contribution in [0.1, 0.15) is 5.56 Å². The molecule has 0 aliphatic carbocycles. The molecule has 2 aromatic carbocycles. The third-order valence-corrected chi connectivity index (χ3v) is 4.99. The fraction of sp³-hybridized carbons (Fsp3) is 0.188. The molecule has 9 heteroatoms. The molecule has 0 atom stereocenters. The van der Waals surface area contributed by atoms with Crippen molar-refractivity contribution < 1.29 is 17.9 Å². The molecule has 0 radical (unpaired) electrons. The maximum Gasteiger partial charge on any atom is 0.257 e. The Balaban J connectivity index is 1.78. The summed E-state index contributed by atoms with van der Waals surface area (Å²) in [5.74, 6) is 0.0279. The van der Waals surface area contributed by atoms with E-state index < -0.39 is 10.0 Å². The minimum absolute atomic E-state index is 0.0482. The molecule has 2 rings (SSSR count). The van der Waals surface area contributed by atoms with Crippen molar-refractivity contribution in [3.05, 3.63) is 58.1 Å². The molecule has 0 saturated carbocycles. The Labute approximate surface area is 155 Å². The summed E-state index contributed by atoms with van der Waals surface area (Å²) in [7, 11) is -3.70. The van der Waals surface area contributed by atoms with E-state index in [1.807, 2.05) is 0 Å². The van der Waals surface area contributed by atoms with Gasteiger partial charge in [-0.15, -0.1) is 0 Å². The summed E-state index contributed by atoms with van der Waals surface area (Å²) < 4.78 is 27.7. The van der Waals surface area contributed by atoms with Gasteiger partial charge in [0.15, 0.2) is 6.61 Å². The number of nitrogens with one attached hydrogen (secondary N) is 1. The Morgan fingerprint density at radius 1 is 1.12 bits per heavy atom. The summed E-state index contributed by atoms with van der Waals surface area (Å²) in [5, 5.41) is 8.33. The predicted octanol–water partition coefficient (Wildman–Crippen LogP) is 2.38. The van der Waals surface area contributed by atoms with Gasteiger partial charge < -0.3 is 10.1 Å². The minimum atomic E-state index is -3.70. The van der Waals surface area contributed by atoms with Gasteiger partial charge >= 0.3 is 0 Å². The number of ether oxygens (including phenoxy) is 1. The maximum atomic E-state index is 11.8. The minimum Gasteiger partial charge on any atom is -0.482 e. The van der Waals surface area contributed by atoms with E-state index in [9.17, 15) is 13.2 Å². The Morgan fingerprint density at radius 3 is 2.44 bits per heavy atom. The molecule has 0 aliphatic heterocycles. The molecule has 0 bridgehead atoms. The fourth-order valence-electron chi connectivity index (χ4n) is 1.98. The first kappa shape index (κ1) is 19.5. The monoisotopic (exact) mass is 402 g/mol. The number of carbonyl (C=O) groups is 1. The van der Waals surface area contributed by atoms with Gasteiger partial charge in [0, 0.05) is 6.54 Å². The zero-order valence-corrected chi connectivity index (χ0v) is 15.4. The molecule has 0 saturated heterocycles. The quantitative estimate of drug-likeness (QED) is 0.742. The maximum absolute atomic E-state index is 11.8. The van der Waals surface area contributed by atoms with Crippen molar-refractivity contribution in [2.45, 2.75) is 11.3 Å². The van der Waals surface area contributed by atoms with Gasteiger partial charge in [0.1, 0.15) is 10.8 Å². The van der Waals surface area contributed by atoms with Crippen LogP contribution in [0.5, 0.6) is 5.75 Å². The Hall–Kier alpha value is -1.80. The number of primary sulfonamides is 1. The third-order valence-electron chi connectivity index (χ3n) is 3.26. The number of amides is 1. The van der Waals surface area contributed by atoms with Crippen molar-refractivity contribution in [2.24, 2.45) is 5.14 Å². The summed E-state index contributed by atoms with van der Waals surface area (Å²) in [6.45, 7) is 0.185. The summed E-state index contributed by atoms with van der Waals surface area (Å²) in [6, 6.07) is 11.1. The number of sulfonamides is 1. The molecule has 0 unspecified atom stereocenters. The molecule has 134 valence electrons. The summed E-state index contributed by atoms with van der Waals surface area (Å²) in [5.41, 5.74) is 0.867. The lowest BCUT2D eigenvalue weighted by atomic mass is 10.1. The van der Waals surface area contributed by atoms with Crippen molar-refractivity contribution in [1.29, 1.82) is 0 Å². The average molecular weight is 403 g/mol. The van der Waals surface area contributed by atoms with E-state index in [2.05, 4.69) is 5.32 Å². The Kier molecular flexibility index (Phi) is 6.66. The van der Waals surface area contributed by atoms with E-state index >= 15 is 0 Å². The van der Waals surface area contributed by atoms with Crippen LogP contribution < -0.4 is 15.2 Å². The van der Waals surface area contributed by atoms with Gasteiger partial charge in [0.2, 0.25) is 10.0 Å². The van der Waals surface area contributed by atoms with Crippen LogP contribution in [0.25, 0.3) is 0 Å². The highest BCUT2D eigenvalue weighted by Gasteiger charge is 2.09. The lowest BCUT2D eigenvalue weighted by Crippen LogP contribution is -2.30. The number of rotatable bonds is 7. The zero-order valence-electron chi connectivity index (χ0n) is 13.0. The van der Waals surface area contributed by atoms with Crippen molar-refractivity contribution in [2.75, 3.05) is 13.2 Å². The molecule has 0 heterocycles. The van der Waals surface area contributed by atoms with Crippen LogP contribution >= 0.6 is 23.2 Å². The highest BCUT2D eigenvalue weighted by Crippen LogP contribution is 2.31. The van der Waals surface area contributed by atoms with Gasteiger partial charge in [-0.25, -0.2) is 13.6 Å². The normalized spacial score (nSPS) is 11.2. The highest BCUT2D eigenvalue weighted by molar-refractivity contribution is 7.89. The predicted molar refractivity (Wildman–Crippen MR) is 96.5 cm³/mol. The lowest BCUT2D eigenvalue weighted by molar-refractivity contribution is -0.123. The van der Waals surface area contributed by atoms with Crippen LogP contribution in [0.3, 0.4) is 0 Å². The first-order chi connectivity index (χ1) is 11.8. The van der Waals surface area contributed by atoms with Crippen molar-refractivity contribution in [3.8, 4) is 5.75 Å².